The summed E-state index contributed by atoms with van der Waals surface area (Å²) in [6, 6.07) is 7.65. The van der Waals surface area contributed by atoms with Gasteiger partial charge < -0.3 is 9.73 Å². The quantitative estimate of drug-likeness (QED) is 0.660. The van der Waals surface area contributed by atoms with Crippen LogP contribution >= 0.6 is 0 Å². The standard InChI is InChI=1S/C22H28N2O4S/c1-16-8-10-19(11-9-16)22-24-20(17(2)28-22)14-29(26,27)15-21(25)23-13-12-18-6-4-3-5-7-18/h6,8-11H,3-5,7,12-15H2,1-2H3,(H,23,25). The number of sulfone groups is 1. The van der Waals surface area contributed by atoms with E-state index in [-0.39, 0.29) is 5.75 Å². The highest BCUT2D eigenvalue weighted by Crippen LogP contribution is 2.23. The Bertz CT molecular complexity index is 988. The summed E-state index contributed by atoms with van der Waals surface area (Å²) < 4.78 is 30.6. The molecule has 2 aromatic rings. The SMILES string of the molecule is Cc1ccc(-c2nc(CS(=O)(=O)CC(=O)NCCC3=CCCCC3)c(C)o2)cc1. The van der Waals surface area contributed by atoms with Gasteiger partial charge in [0.05, 0.1) is 11.4 Å². The zero-order chi connectivity index (χ0) is 20.9. The van der Waals surface area contributed by atoms with E-state index in [9.17, 15) is 13.2 Å². The van der Waals surface area contributed by atoms with Gasteiger partial charge in [0.15, 0.2) is 9.84 Å². The van der Waals surface area contributed by atoms with Gasteiger partial charge in [-0.25, -0.2) is 13.4 Å². The van der Waals surface area contributed by atoms with Gasteiger partial charge in [0.25, 0.3) is 0 Å². The minimum absolute atomic E-state index is 0.313. The number of aromatic nitrogens is 1. The average Bonchev–Trinajstić information content (AvgIpc) is 3.02. The van der Waals surface area contributed by atoms with Crippen LogP contribution in [0.5, 0.6) is 0 Å². The number of nitrogens with one attached hydrogen (secondary N) is 1. The van der Waals surface area contributed by atoms with Gasteiger partial charge >= 0.3 is 0 Å². The zero-order valence-corrected chi connectivity index (χ0v) is 17.8. The molecule has 1 aliphatic rings. The lowest BCUT2D eigenvalue weighted by Gasteiger charge is -2.12. The normalized spacial score (nSPS) is 14.5. The van der Waals surface area contributed by atoms with Crippen molar-refractivity contribution < 1.29 is 17.6 Å². The van der Waals surface area contributed by atoms with E-state index in [1.165, 1.54) is 18.4 Å². The third-order valence-electron chi connectivity index (χ3n) is 5.05. The van der Waals surface area contributed by atoms with Crippen molar-refractivity contribution in [2.24, 2.45) is 0 Å². The second-order valence-electron chi connectivity index (χ2n) is 7.63. The summed E-state index contributed by atoms with van der Waals surface area (Å²) in [5.74, 6) is -0.488. The van der Waals surface area contributed by atoms with Crippen molar-refractivity contribution in [3.05, 3.63) is 52.9 Å². The van der Waals surface area contributed by atoms with Crippen LogP contribution < -0.4 is 5.32 Å². The van der Waals surface area contributed by atoms with Crippen LogP contribution in [0.2, 0.25) is 0 Å². The first-order valence-electron chi connectivity index (χ1n) is 10.0. The van der Waals surface area contributed by atoms with E-state index in [0.717, 1.165) is 30.4 Å². The number of amides is 1. The van der Waals surface area contributed by atoms with E-state index in [4.69, 9.17) is 4.42 Å². The van der Waals surface area contributed by atoms with E-state index in [1.807, 2.05) is 31.2 Å². The summed E-state index contributed by atoms with van der Waals surface area (Å²) in [4.78, 5) is 16.4. The van der Waals surface area contributed by atoms with Crippen molar-refractivity contribution in [1.82, 2.24) is 10.3 Å². The van der Waals surface area contributed by atoms with E-state index in [2.05, 4.69) is 16.4 Å². The summed E-state index contributed by atoms with van der Waals surface area (Å²) >= 11 is 0. The second kappa shape index (κ2) is 9.39. The van der Waals surface area contributed by atoms with E-state index < -0.39 is 21.5 Å². The highest BCUT2D eigenvalue weighted by molar-refractivity contribution is 7.91. The molecule has 0 fully saturated rings. The Kier molecular flexibility index (Phi) is 6.90. The predicted octanol–water partition coefficient (Wildman–Crippen LogP) is 3.88. The molecule has 0 spiro atoms. The van der Waals surface area contributed by atoms with Gasteiger partial charge in [-0.2, -0.15) is 0 Å². The topological polar surface area (TPSA) is 89.3 Å². The average molecular weight is 417 g/mol. The Morgan fingerprint density at radius 1 is 1.17 bits per heavy atom. The second-order valence-corrected chi connectivity index (χ2v) is 9.69. The summed E-state index contributed by atoms with van der Waals surface area (Å²) in [6.07, 6.45) is 7.60. The molecular weight excluding hydrogens is 388 g/mol. The number of carbonyl (C=O) groups excluding carboxylic acids is 1. The number of nitrogens with zero attached hydrogens (tertiary/aromatic N) is 1. The number of carbonyl (C=O) groups is 1. The number of hydrogen-bond acceptors (Lipinski definition) is 5. The summed E-state index contributed by atoms with van der Waals surface area (Å²) in [7, 11) is -3.64. The number of rotatable bonds is 8. The van der Waals surface area contributed by atoms with Gasteiger partial charge in [-0.3, -0.25) is 4.79 Å². The van der Waals surface area contributed by atoms with Crippen molar-refractivity contribution in [3.63, 3.8) is 0 Å². The van der Waals surface area contributed by atoms with Crippen LogP contribution in [-0.2, 0) is 20.4 Å². The molecule has 6 nitrogen and oxygen atoms in total. The van der Waals surface area contributed by atoms with Gasteiger partial charge in [-0.05, 0) is 58.1 Å². The fraction of sp³-hybridized carbons (Fsp3) is 0.455. The monoisotopic (exact) mass is 416 g/mol. The van der Waals surface area contributed by atoms with Crippen LogP contribution in [0.3, 0.4) is 0 Å². The van der Waals surface area contributed by atoms with Crippen LogP contribution in [0.25, 0.3) is 11.5 Å². The first-order valence-corrected chi connectivity index (χ1v) is 11.8. The van der Waals surface area contributed by atoms with E-state index in [1.54, 1.807) is 6.92 Å². The highest BCUT2D eigenvalue weighted by Gasteiger charge is 2.22. The van der Waals surface area contributed by atoms with Crippen LogP contribution in [0.15, 0.2) is 40.3 Å². The number of hydrogen-bond donors (Lipinski definition) is 1. The summed E-state index contributed by atoms with van der Waals surface area (Å²) in [5.41, 5.74) is 3.60. The Balaban J connectivity index is 1.55. The molecule has 1 heterocycles. The van der Waals surface area contributed by atoms with E-state index in [0.29, 0.717) is 23.9 Å². The lowest BCUT2D eigenvalue weighted by molar-refractivity contribution is -0.118. The molecular formula is C22H28N2O4S. The molecule has 3 rings (SSSR count). The van der Waals surface area contributed by atoms with Crippen molar-refractivity contribution in [2.45, 2.75) is 51.7 Å². The van der Waals surface area contributed by atoms with Crippen LogP contribution in [0, 0.1) is 13.8 Å². The molecule has 0 aliphatic heterocycles. The number of oxazole rings is 1. The fourth-order valence-corrected chi connectivity index (χ4v) is 4.67. The van der Waals surface area contributed by atoms with Crippen LogP contribution in [0.1, 0.15) is 49.1 Å². The maximum Gasteiger partial charge on any atom is 0.235 e. The molecule has 0 atom stereocenters. The maximum atomic E-state index is 12.5. The molecule has 7 heteroatoms. The fourth-order valence-electron chi connectivity index (χ4n) is 3.39. The smallest absolute Gasteiger partial charge is 0.235 e. The van der Waals surface area contributed by atoms with Gasteiger partial charge in [0.1, 0.15) is 11.5 Å². The number of aryl methyl sites for hydroxylation is 2. The Labute approximate surface area is 172 Å². The Hall–Kier alpha value is -2.41. The van der Waals surface area contributed by atoms with Gasteiger partial charge in [-0.15, -0.1) is 0 Å². The Morgan fingerprint density at radius 2 is 1.93 bits per heavy atom. The number of allylic oxidation sites excluding steroid dienone is 1. The molecule has 0 bridgehead atoms. The first-order chi connectivity index (χ1) is 13.8. The molecule has 0 saturated heterocycles. The van der Waals surface area contributed by atoms with Gasteiger partial charge in [-0.1, -0.05) is 29.3 Å². The molecule has 1 aliphatic carbocycles. The first kappa shape index (κ1) is 21.3. The lowest BCUT2D eigenvalue weighted by atomic mass is 9.97. The van der Waals surface area contributed by atoms with Crippen molar-refractivity contribution >= 4 is 15.7 Å². The third-order valence-corrected chi connectivity index (χ3v) is 6.47. The molecule has 1 N–H and O–H groups in total. The molecule has 29 heavy (non-hydrogen) atoms. The van der Waals surface area contributed by atoms with Crippen LogP contribution in [-0.4, -0.2) is 31.6 Å². The molecule has 156 valence electrons. The minimum Gasteiger partial charge on any atom is -0.441 e. The van der Waals surface area contributed by atoms with Gasteiger partial charge in [0, 0.05) is 12.1 Å². The molecule has 1 aromatic heterocycles. The molecule has 1 amide bonds. The Morgan fingerprint density at radius 3 is 2.62 bits per heavy atom. The molecule has 0 radical (unpaired) electrons. The summed E-state index contributed by atoms with van der Waals surface area (Å²) in [6.45, 7) is 4.15. The third kappa shape index (κ3) is 6.29. The zero-order valence-electron chi connectivity index (χ0n) is 17.0. The summed E-state index contributed by atoms with van der Waals surface area (Å²) in [5, 5.41) is 2.72. The molecule has 0 saturated carbocycles. The molecule has 1 aromatic carbocycles. The van der Waals surface area contributed by atoms with E-state index >= 15 is 0 Å². The molecule has 0 unspecified atom stereocenters. The van der Waals surface area contributed by atoms with Crippen LogP contribution in [0.4, 0.5) is 0 Å². The minimum atomic E-state index is -3.64. The lowest BCUT2D eigenvalue weighted by Crippen LogP contribution is -2.31. The maximum absolute atomic E-state index is 12.5. The van der Waals surface area contributed by atoms with Crippen molar-refractivity contribution in [2.75, 3.05) is 12.3 Å². The largest absolute Gasteiger partial charge is 0.441 e. The number of benzene rings is 1. The highest BCUT2D eigenvalue weighted by atomic mass is 32.2. The predicted molar refractivity (Wildman–Crippen MR) is 113 cm³/mol. The van der Waals surface area contributed by atoms with Crippen molar-refractivity contribution in [3.8, 4) is 11.5 Å². The van der Waals surface area contributed by atoms with Gasteiger partial charge in [0.2, 0.25) is 11.8 Å². The van der Waals surface area contributed by atoms with Crippen molar-refractivity contribution in [1.29, 1.82) is 0 Å².